The van der Waals surface area contributed by atoms with Crippen molar-refractivity contribution in [2.24, 2.45) is 11.8 Å². The minimum atomic E-state index is -3.22. The normalized spacial score (nSPS) is 10.8. The molecule has 0 saturated heterocycles. The zero-order valence-corrected chi connectivity index (χ0v) is 39.1. The number of anilines is 1. The zero-order valence-electron chi connectivity index (χ0n) is 34.4. The Hall–Kier alpha value is -5.72. The molecule has 18 heteroatoms. The van der Waals surface area contributed by atoms with Crippen molar-refractivity contribution in [2.45, 2.75) is 21.3 Å². The van der Waals surface area contributed by atoms with E-state index in [4.69, 9.17) is 28.9 Å². The summed E-state index contributed by atoms with van der Waals surface area (Å²) in [6.45, 7) is 3.52. The van der Waals surface area contributed by atoms with Gasteiger partial charge in [0.25, 0.3) is 0 Å². The number of fused-ring (bicyclic) bond motifs is 6. The third-order valence-corrected chi connectivity index (χ3v) is 10.1. The van der Waals surface area contributed by atoms with Gasteiger partial charge >= 0.3 is 17.1 Å². The van der Waals surface area contributed by atoms with Gasteiger partial charge in [0.2, 0.25) is 10.9 Å². The fraction of sp³-hybridized carbons (Fsp3) is 0.149. The molecule has 0 aliphatic heterocycles. The SMILES string of the molecule is C.COC(=O)C(C(=O)OC)C(C)C.Clc1c2ccccc2nc2nc3ccccc3c(Cl)c12.Nc1ccccc1.O=P(Cl)(Cl)Cl.O=c1c2ccccc2[nH]c2[nH]c3ccccc3c(=O)c12. The van der Waals surface area contributed by atoms with Gasteiger partial charge in [-0.05, 0) is 88.2 Å². The van der Waals surface area contributed by atoms with Crippen LogP contribution < -0.4 is 16.6 Å². The van der Waals surface area contributed by atoms with Gasteiger partial charge in [0.05, 0.1) is 51.7 Å². The molecule has 5 aromatic carbocycles. The number of nitrogens with zero attached hydrogens (tertiary/aromatic N) is 2. The topological polar surface area (TPSA) is 187 Å². The molecule has 4 aromatic heterocycles. The molecule has 4 N–H and O–H groups in total. The maximum absolute atomic E-state index is 12.5. The Morgan fingerprint density at radius 1 is 0.600 bits per heavy atom. The number of nitrogen functional groups attached to an aromatic ring is 1. The summed E-state index contributed by atoms with van der Waals surface area (Å²) >= 11 is 26.9. The first kappa shape index (κ1) is 51.9. The maximum atomic E-state index is 12.5. The van der Waals surface area contributed by atoms with Crippen LogP contribution in [-0.2, 0) is 23.6 Å². The number of methoxy groups -OCH3 is 2. The van der Waals surface area contributed by atoms with Gasteiger partial charge in [0, 0.05) is 27.2 Å². The molecule has 65 heavy (non-hydrogen) atoms. The van der Waals surface area contributed by atoms with Crippen LogP contribution in [-0.4, -0.2) is 46.1 Å². The summed E-state index contributed by atoms with van der Waals surface area (Å²) in [5.41, 5.74) is 9.84. The predicted molar refractivity (Wildman–Crippen MR) is 270 cm³/mol. The Morgan fingerprint density at radius 3 is 1.31 bits per heavy atom. The maximum Gasteiger partial charge on any atom is 0.339 e. The molecule has 12 nitrogen and oxygen atoms in total. The van der Waals surface area contributed by atoms with Crippen LogP contribution in [0.25, 0.3) is 65.7 Å². The molecule has 0 spiro atoms. The van der Waals surface area contributed by atoms with Gasteiger partial charge in [0.1, 0.15) is 11.0 Å². The Balaban J connectivity index is 0.000000193. The van der Waals surface area contributed by atoms with Crippen molar-refractivity contribution in [2.75, 3.05) is 20.0 Å². The van der Waals surface area contributed by atoms with Gasteiger partial charge in [0.15, 0.2) is 11.6 Å². The average molecular weight is 998 g/mol. The number of ether oxygens (including phenoxy) is 2. The monoisotopic (exact) mass is 995 g/mol. The number of rotatable bonds is 3. The Morgan fingerprint density at radius 2 is 0.954 bits per heavy atom. The minimum Gasteiger partial charge on any atom is -0.468 e. The number of benzene rings is 5. The molecule has 0 saturated carbocycles. The summed E-state index contributed by atoms with van der Waals surface area (Å²) in [6, 6.07) is 39.3. The van der Waals surface area contributed by atoms with Crippen molar-refractivity contribution < 1.29 is 23.6 Å². The molecule has 9 aromatic rings. The number of esters is 2. The summed E-state index contributed by atoms with van der Waals surface area (Å²) in [5, 5.41) is 1.72. The molecule has 4 heterocycles. The summed E-state index contributed by atoms with van der Waals surface area (Å²) < 4.78 is 18.4. The van der Waals surface area contributed by atoms with Gasteiger partial charge in [-0.1, -0.05) is 123 Å². The van der Waals surface area contributed by atoms with Crippen LogP contribution in [0.5, 0.6) is 0 Å². The highest BCUT2D eigenvalue weighted by Gasteiger charge is 2.31. The summed E-state index contributed by atoms with van der Waals surface area (Å²) in [4.78, 5) is 62.5. The molecule has 0 aliphatic carbocycles. The highest BCUT2D eigenvalue weighted by atomic mass is 36.0. The summed E-state index contributed by atoms with van der Waals surface area (Å²) in [7, 11) is 2.50. The smallest absolute Gasteiger partial charge is 0.339 e. The lowest BCUT2D eigenvalue weighted by Crippen LogP contribution is -2.30. The minimum absolute atomic E-state index is 0. The van der Waals surface area contributed by atoms with E-state index in [1.807, 2.05) is 103 Å². The number of pyridine rings is 4. The predicted octanol–water partition coefficient (Wildman–Crippen LogP) is 13.1. The zero-order chi connectivity index (χ0) is 46.7. The number of hydrogen-bond donors (Lipinski definition) is 3. The van der Waals surface area contributed by atoms with Crippen molar-refractivity contribution in [1.82, 2.24) is 19.9 Å². The first-order chi connectivity index (χ1) is 30.4. The van der Waals surface area contributed by atoms with E-state index >= 15 is 0 Å². The van der Waals surface area contributed by atoms with E-state index in [0.717, 1.165) is 38.5 Å². The van der Waals surface area contributed by atoms with Gasteiger partial charge in [-0.15, -0.1) is 0 Å². The quantitative estimate of drug-likeness (QED) is 0.0505. The van der Waals surface area contributed by atoms with E-state index in [1.165, 1.54) is 14.2 Å². The van der Waals surface area contributed by atoms with Gasteiger partial charge in [-0.2, -0.15) is 0 Å². The number of hydrogen-bond acceptors (Lipinski definition) is 10. The first-order valence-corrected chi connectivity index (χ1v) is 24.3. The molecule has 338 valence electrons. The molecule has 0 radical (unpaired) electrons. The number of carbonyl (C=O) groups excluding carboxylic acids is 2. The van der Waals surface area contributed by atoms with Gasteiger partial charge in [-0.25, -0.2) is 9.97 Å². The van der Waals surface area contributed by atoms with E-state index in [-0.39, 0.29) is 29.6 Å². The molecule has 0 fully saturated rings. The van der Waals surface area contributed by atoms with Crippen LogP contribution in [0.4, 0.5) is 5.69 Å². The van der Waals surface area contributed by atoms with E-state index in [9.17, 15) is 23.7 Å². The Labute approximate surface area is 397 Å². The van der Waals surface area contributed by atoms with E-state index in [0.29, 0.717) is 37.5 Å². The number of nitrogens with two attached hydrogens (primary N) is 1. The van der Waals surface area contributed by atoms with Crippen LogP contribution >= 0.6 is 62.1 Å². The molecule has 0 unspecified atom stereocenters. The number of aromatic nitrogens is 4. The molecule has 0 bridgehead atoms. The van der Waals surface area contributed by atoms with Crippen LogP contribution in [0, 0.1) is 11.8 Å². The molecular weight excluding hydrogens is 955 g/mol. The highest BCUT2D eigenvalue weighted by Crippen LogP contribution is 2.61. The second-order valence-electron chi connectivity index (χ2n) is 13.9. The number of para-hydroxylation sites is 5. The van der Waals surface area contributed by atoms with Crippen molar-refractivity contribution in [3.8, 4) is 0 Å². The fourth-order valence-electron chi connectivity index (χ4n) is 6.39. The number of carbonyl (C=O) groups is 2. The van der Waals surface area contributed by atoms with E-state index in [2.05, 4.69) is 63.1 Å². The number of nitrogens with one attached hydrogen (secondary N) is 2. The van der Waals surface area contributed by atoms with Gasteiger partial charge in [-0.3, -0.25) is 23.7 Å². The number of halogens is 5. The highest BCUT2D eigenvalue weighted by molar-refractivity contribution is 8.24. The third-order valence-electron chi connectivity index (χ3n) is 9.34. The lowest BCUT2D eigenvalue weighted by Gasteiger charge is -2.14. The Kier molecular flexibility index (Phi) is 18.7. The second kappa shape index (κ2) is 23.5. The van der Waals surface area contributed by atoms with Crippen LogP contribution in [0.15, 0.2) is 137 Å². The molecule has 0 atom stereocenters. The second-order valence-corrected chi connectivity index (χ2v) is 21.3. The van der Waals surface area contributed by atoms with E-state index < -0.39 is 23.1 Å². The lowest BCUT2D eigenvalue weighted by atomic mass is 9.96. The van der Waals surface area contributed by atoms with E-state index in [1.54, 1.807) is 38.1 Å². The van der Waals surface area contributed by atoms with Crippen molar-refractivity contribution in [3.05, 3.63) is 158 Å². The molecule has 9 rings (SSSR count). The number of H-pyrrole nitrogens is 2. The first-order valence-electron chi connectivity index (χ1n) is 19.1. The lowest BCUT2D eigenvalue weighted by molar-refractivity contribution is -0.160. The Bertz CT molecular complexity index is 3110. The van der Waals surface area contributed by atoms with Crippen molar-refractivity contribution in [3.63, 3.8) is 0 Å². The van der Waals surface area contributed by atoms with Crippen LogP contribution in [0.3, 0.4) is 0 Å². The molecular formula is C47H43Cl5N5O7P. The summed E-state index contributed by atoms with van der Waals surface area (Å²) in [6.07, 6.45) is 0. The molecule has 0 aliphatic rings. The average Bonchev–Trinajstić information content (AvgIpc) is 3.27. The van der Waals surface area contributed by atoms with Crippen LogP contribution in [0.1, 0.15) is 21.3 Å². The van der Waals surface area contributed by atoms with Gasteiger partial charge < -0.3 is 25.2 Å². The largest absolute Gasteiger partial charge is 0.468 e. The standard InChI is InChI=1S/C16H8Cl2N2.C16H10N2O2.C8H14O4.C6H7N.CH4.Cl3OP/c17-14-9-5-1-3-7-11(9)19-16-13(14)15(18)10-6-2-4-8-12(10)20-16;19-14-9-5-1-3-7-11(9)17-16-13(14)15(20)10-6-2-4-8-12(10)18-16;1-5(2)6(7(9)11-3)8(10)12-4;7-6-4-2-1-3-5-6;;1-5(2,3)4/h1-8H;1-8H,(H2,17,18,19,20);5-6H,1-4H3;1-5H,7H2;1H4;. The van der Waals surface area contributed by atoms with Crippen molar-refractivity contribution >= 4 is 145 Å². The molecule has 0 amide bonds. The number of aromatic amines is 2. The summed E-state index contributed by atoms with van der Waals surface area (Å²) in [5.74, 6) is -2.00. The third kappa shape index (κ3) is 13.2. The fourth-order valence-corrected chi connectivity index (χ4v) is 7.12. The van der Waals surface area contributed by atoms with Crippen molar-refractivity contribution in [1.29, 1.82) is 0 Å². The van der Waals surface area contributed by atoms with Crippen LogP contribution in [0.2, 0.25) is 10.0 Å².